The topological polar surface area (TPSA) is 53.0 Å². The van der Waals surface area contributed by atoms with E-state index < -0.39 is 5.97 Å². The number of carbonyl (C=O) groups is 1. The maximum absolute atomic E-state index is 10.9. The second kappa shape index (κ2) is 10.1. The van der Waals surface area contributed by atoms with Gasteiger partial charge in [0.1, 0.15) is 0 Å². The highest BCUT2D eigenvalue weighted by Crippen LogP contribution is 2.16. The van der Waals surface area contributed by atoms with E-state index in [4.69, 9.17) is 9.84 Å². The van der Waals surface area contributed by atoms with Gasteiger partial charge in [0.05, 0.1) is 13.2 Å². The summed E-state index contributed by atoms with van der Waals surface area (Å²) in [5.74, 6) is -0.0205. The molecule has 5 nitrogen and oxygen atoms in total. The van der Waals surface area contributed by atoms with Gasteiger partial charge in [0.15, 0.2) is 0 Å². The van der Waals surface area contributed by atoms with Crippen LogP contribution in [0.15, 0.2) is 0 Å². The number of hydrogen-bond acceptors (Lipinski definition) is 4. The molecule has 0 aromatic heterocycles. The maximum atomic E-state index is 10.9. The van der Waals surface area contributed by atoms with Crippen molar-refractivity contribution in [2.45, 2.75) is 46.1 Å². The van der Waals surface area contributed by atoms with E-state index in [1.54, 1.807) is 0 Å². The molecular formula is C16H32N2O3. The van der Waals surface area contributed by atoms with Crippen LogP contribution in [0.5, 0.6) is 0 Å². The minimum Gasteiger partial charge on any atom is -0.480 e. The zero-order chi connectivity index (χ0) is 15.7. The zero-order valence-electron chi connectivity index (χ0n) is 13.9. The summed E-state index contributed by atoms with van der Waals surface area (Å²) in [4.78, 5) is 15.4. The Labute approximate surface area is 129 Å². The third-order valence-corrected chi connectivity index (χ3v) is 4.21. The molecule has 1 fully saturated rings. The van der Waals surface area contributed by atoms with Gasteiger partial charge in [-0.3, -0.25) is 9.69 Å². The number of likely N-dealkylation sites (tertiary alicyclic amines) is 1. The lowest BCUT2D eigenvalue weighted by Gasteiger charge is -2.37. The van der Waals surface area contributed by atoms with Crippen molar-refractivity contribution in [2.75, 3.05) is 45.9 Å². The summed E-state index contributed by atoms with van der Waals surface area (Å²) in [6, 6.07) is 0.421. The molecule has 0 spiro atoms. The summed E-state index contributed by atoms with van der Waals surface area (Å²) in [6.07, 6.45) is 3.25. The summed E-state index contributed by atoms with van der Waals surface area (Å²) >= 11 is 0. The summed E-state index contributed by atoms with van der Waals surface area (Å²) in [5, 5.41) is 8.93. The monoisotopic (exact) mass is 300 g/mol. The molecule has 124 valence electrons. The molecular weight excluding hydrogens is 268 g/mol. The van der Waals surface area contributed by atoms with E-state index >= 15 is 0 Å². The van der Waals surface area contributed by atoms with E-state index in [0.717, 1.165) is 58.7 Å². The van der Waals surface area contributed by atoms with Crippen LogP contribution >= 0.6 is 0 Å². The van der Waals surface area contributed by atoms with Crippen LogP contribution in [0.25, 0.3) is 0 Å². The van der Waals surface area contributed by atoms with Gasteiger partial charge in [0.2, 0.25) is 0 Å². The number of ether oxygens (including phenoxy) is 1. The first kappa shape index (κ1) is 18.4. The third-order valence-electron chi connectivity index (χ3n) is 4.21. The average molecular weight is 300 g/mol. The number of carboxylic acid groups (broad SMARTS) is 1. The average Bonchev–Trinajstić information content (AvgIpc) is 2.44. The smallest absolute Gasteiger partial charge is 0.317 e. The van der Waals surface area contributed by atoms with E-state index in [1.165, 1.54) is 0 Å². The highest BCUT2D eigenvalue weighted by molar-refractivity contribution is 5.69. The fourth-order valence-electron chi connectivity index (χ4n) is 2.80. The van der Waals surface area contributed by atoms with Gasteiger partial charge in [-0.1, -0.05) is 20.8 Å². The Kier molecular flexibility index (Phi) is 8.88. The number of rotatable bonds is 10. The molecule has 0 radical (unpaired) electrons. The molecule has 1 saturated heterocycles. The molecule has 1 heterocycles. The fourth-order valence-corrected chi connectivity index (χ4v) is 2.80. The van der Waals surface area contributed by atoms with Gasteiger partial charge in [0, 0.05) is 19.2 Å². The van der Waals surface area contributed by atoms with Crippen LogP contribution in [0.2, 0.25) is 0 Å². The van der Waals surface area contributed by atoms with Crippen molar-refractivity contribution in [3.63, 3.8) is 0 Å². The molecule has 0 aromatic carbocycles. The molecule has 1 aliphatic heterocycles. The fraction of sp³-hybridized carbons (Fsp3) is 0.938. The Bertz CT molecular complexity index is 289. The Morgan fingerprint density at radius 1 is 1.33 bits per heavy atom. The van der Waals surface area contributed by atoms with Gasteiger partial charge < -0.3 is 14.7 Å². The predicted octanol–water partition coefficient (Wildman–Crippen LogP) is 1.92. The lowest BCUT2D eigenvalue weighted by Crippen LogP contribution is -2.47. The van der Waals surface area contributed by atoms with E-state index in [1.807, 2.05) is 6.92 Å². The molecule has 1 aliphatic rings. The number of nitrogens with zero attached hydrogens (tertiary/aromatic N) is 2. The number of piperidine rings is 1. The van der Waals surface area contributed by atoms with Gasteiger partial charge in [-0.05, 0) is 44.8 Å². The highest BCUT2D eigenvalue weighted by Gasteiger charge is 2.24. The molecule has 0 unspecified atom stereocenters. The van der Waals surface area contributed by atoms with Crippen LogP contribution in [-0.4, -0.2) is 72.9 Å². The van der Waals surface area contributed by atoms with Crippen LogP contribution in [0.3, 0.4) is 0 Å². The Balaban J connectivity index is 2.15. The largest absolute Gasteiger partial charge is 0.480 e. The van der Waals surface area contributed by atoms with Crippen LogP contribution in [0, 0.1) is 5.92 Å². The van der Waals surface area contributed by atoms with Gasteiger partial charge in [-0.15, -0.1) is 0 Å². The minimum atomic E-state index is -0.724. The number of likely N-dealkylation sites (N-methyl/N-ethyl adjacent to an activating group) is 1. The number of hydrogen-bond donors (Lipinski definition) is 1. The molecule has 0 saturated carbocycles. The lowest BCUT2D eigenvalue weighted by atomic mass is 10.0. The molecule has 0 amide bonds. The molecule has 0 atom stereocenters. The quantitative estimate of drug-likeness (QED) is 0.625. The first-order valence-corrected chi connectivity index (χ1v) is 8.28. The molecule has 1 N–H and O–H groups in total. The Morgan fingerprint density at radius 3 is 2.52 bits per heavy atom. The predicted molar refractivity (Wildman–Crippen MR) is 84.6 cm³/mol. The van der Waals surface area contributed by atoms with Crippen molar-refractivity contribution in [1.82, 2.24) is 9.80 Å². The SMILES string of the molecule is CCN(CC(=O)O)C1CCN(CCOCCC(C)C)CC1. The van der Waals surface area contributed by atoms with Gasteiger partial charge in [-0.2, -0.15) is 0 Å². The summed E-state index contributed by atoms with van der Waals surface area (Å²) in [5.41, 5.74) is 0. The van der Waals surface area contributed by atoms with Crippen molar-refractivity contribution in [1.29, 1.82) is 0 Å². The second-order valence-electron chi connectivity index (χ2n) is 6.32. The zero-order valence-corrected chi connectivity index (χ0v) is 13.9. The van der Waals surface area contributed by atoms with Crippen molar-refractivity contribution >= 4 is 5.97 Å². The third kappa shape index (κ3) is 7.79. The second-order valence-corrected chi connectivity index (χ2v) is 6.32. The molecule has 1 rings (SSSR count). The van der Waals surface area contributed by atoms with Crippen LogP contribution in [0.4, 0.5) is 0 Å². The van der Waals surface area contributed by atoms with Gasteiger partial charge >= 0.3 is 5.97 Å². The van der Waals surface area contributed by atoms with Crippen molar-refractivity contribution in [3.8, 4) is 0 Å². The molecule has 21 heavy (non-hydrogen) atoms. The molecule has 5 heteroatoms. The van der Waals surface area contributed by atoms with Gasteiger partial charge in [-0.25, -0.2) is 0 Å². The van der Waals surface area contributed by atoms with E-state index in [2.05, 4.69) is 23.6 Å². The number of aliphatic carboxylic acids is 1. The van der Waals surface area contributed by atoms with Crippen molar-refractivity contribution in [3.05, 3.63) is 0 Å². The van der Waals surface area contributed by atoms with Crippen molar-refractivity contribution < 1.29 is 14.6 Å². The van der Waals surface area contributed by atoms with E-state index in [-0.39, 0.29) is 6.54 Å². The molecule has 0 bridgehead atoms. The lowest BCUT2D eigenvalue weighted by molar-refractivity contribution is -0.139. The summed E-state index contributed by atoms with van der Waals surface area (Å²) < 4.78 is 5.67. The maximum Gasteiger partial charge on any atom is 0.317 e. The highest BCUT2D eigenvalue weighted by atomic mass is 16.5. The number of carboxylic acids is 1. The van der Waals surface area contributed by atoms with Crippen LogP contribution in [-0.2, 0) is 9.53 Å². The van der Waals surface area contributed by atoms with Gasteiger partial charge in [0.25, 0.3) is 0 Å². The molecule has 0 aromatic rings. The first-order chi connectivity index (χ1) is 10.0. The summed E-state index contributed by atoms with van der Waals surface area (Å²) in [6.45, 7) is 12.2. The van der Waals surface area contributed by atoms with Crippen LogP contribution < -0.4 is 0 Å². The Hall–Kier alpha value is -0.650. The van der Waals surface area contributed by atoms with E-state index in [0.29, 0.717) is 12.0 Å². The normalized spacial score (nSPS) is 17.8. The summed E-state index contributed by atoms with van der Waals surface area (Å²) in [7, 11) is 0. The standard InChI is InChI=1S/C16H32N2O3/c1-4-18(13-16(19)20)15-5-8-17(9-6-15)10-12-21-11-7-14(2)3/h14-15H,4-13H2,1-3H3,(H,19,20). The van der Waals surface area contributed by atoms with Crippen LogP contribution in [0.1, 0.15) is 40.0 Å². The molecule has 0 aliphatic carbocycles. The first-order valence-electron chi connectivity index (χ1n) is 8.28. The minimum absolute atomic E-state index is 0.166. The Morgan fingerprint density at radius 2 is 2.00 bits per heavy atom. The van der Waals surface area contributed by atoms with E-state index in [9.17, 15) is 4.79 Å². The van der Waals surface area contributed by atoms with Crippen molar-refractivity contribution in [2.24, 2.45) is 5.92 Å².